The first kappa shape index (κ1) is 16.3. The Labute approximate surface area is 133 Å². The maximum Gasteiger partial charge on any atom is 0.336 e. The van der Waals surface area contributed by atoms with E-state index >= 15 is 0 Å². The Bertz CT molecular complexity index is 747. The zero-order valence-corrected chi connectivity index (χ0v) is 12.8. The van der Waals surface area contributed by atoms with Gasteiger partial charge in [0.15, 0.2) is 11.5 Å². The molecule has 5 nitrogen and oxygen atoms in total. The number of rotatable bonds is 5. The minimum atomic E-state index is -1.04. The van der Waals surface area contributed by atoms with Gasteiger partial charge in [0, 0.05) is 6.92 Å². The zero-order valence-electron chi connectivity index (χ0n) is 12.8. The van der Waals surface area contributed by atoms with Crippen LogP contribution in [0.5, 0.6) is 11.5 Å². The summed E-state index contributed by atoms with van der Waals surface area (Å²) in [6.45, 7) is 1.29. The van der Waals surface area contributed by atoms with Crippen LogP contribution in [0.2, 0.25) is 0 Å². The van der Waals surface area contributed by atoms with Gasteiger partial charge in [-0.3, -0.25) is 4.79 Å². The summed E-state index contributed by atoms with van der Waals surface area (Å²) in [7, 11) is 1.46. The lowest BCUT2D eigenvalue weighted by atomic mass is 10.0. The summed E-state index contributed by atoms with van der Waals surface area (Å²) in [5.41, 5.74) is 1.32. The lowest BCUT2D eigenvalue weighted by molar-refractivity contribution is -0.132. The highest BCUT2D eigenvalue weighted by atomic mass is 16.6. The minimum absolute atomic E-state index is 0.143. The number of aliphatic carboxylic acids is 1. The van der Waals surface area contributed by atoms with Gasteiger partial charge in [-0.1, -0.05) is 36.4 Å². The van der Waals surface area contributed by atoms with Crippen LogP contribution in [-0.4, -0.2) is 24.2 Å². The molecule has 0 amide bonds. The van der Waals surface area contributed by atoms with Crippen LogP contribution in [0.1, 0.15) is 18.1 Å². The SMILES string of the molecule is COc1ccc(/C=C(/C(=O)O)c2ccccc2)cc1OC(C)=O. The molecule has 2 aromatic rings. The van der Waals surface area contributed by atoms with Crippen molar-refractivity contribution in [3.8, 4) is 11.5 Å². The molecule has 0 unspecified atom stereocenters. The molecule has 0 fully saturated rings. The lowest BCUT2D eigenvalue weighted by Crippen LogP contribution is -2.03. The first-order valence-corrected chi connectivity index (χ1v) is 6.88. The van der Waals surface area contributed by atoms with Gasteiger partial charge in [-0.05, 0) is 29.3 Å². The third-order valence-corrected chi connectivity index (χ3v) is 3.07. The van der Waals surface area contributed by atoms with Crippen LogP contribution in [-0.2, 0) is 9.59 Å². The Morgan fingerprint density at radius 1 is 1.04 bits per heavy atom. The first-order valence-electron chi connectivity index (χ1n) is 6.88. The molecule has 0 aliphatic heterocycles. The van der Waals surface area contributed by atoms with Crippen LogP contribution in [0.25, 0.3) is 11.6 Å². The van der Waals surface area contributed by atoms with Crippen LogP contribution < -0.4 is 9.47 Å². The highest BCUT2D eigenvalue weighted by molar-refractivity contribution is 6.20. The zero-order chi connectivity index (χ0) is 16.8. The first-order chi connectivity index (χ1) is 11.0. The second-order valence-corrected chi connectivity index (χ2v) is 4.73. The normalized spacial score (nSPS) is 11.0. The lowest BCUT2D eigenvalue weighted by Gasteiger charge is -2.09. The Morgan fingerprint density at radius 2 is 1.74 bits per heavy atom. The van der Waals surface area contributed by atoms with Gasteiger partial charge in [0.05, 0.1) is 12.7 Å². The average Bonchev–Trinajstić information content (AvgIpc) is 2.53. The minimum Gasteiger partial charge on any atom is -0.493 e. The van der Waals surface area contributed by atoms with Gasteiger partial charge < -0.3 is 14.6 Å². The molecule has 0 saturated carbocycles. The Balaban J connectivity index is 2.47. The fourth-order valence-corrected chi connectivity index (χ4v) is 2.07. The summed E-state index contributed by atoms with van der Waals surface area (Å²) in [5, 5.41) is 9.43. The molecule has 118 valence electrons. The summed E-state index contributed by atoms with van der Waals surface area (Å²) < 4.78 is 10.2. The summed E-state index contributed by atoms with van der Waals surface area (Å²) in [6.07, 6.45) is 1.52. The number of ether oxygens (including phenoxy) is 2. The number of carbonyl (C=O) groups is 2. The van der Waals surface area contributed by atoms with Crippen molar-refractivity contribution in [1.29, 1.82) is 0 Å². The number of methoxy groups -OCH3 is 1. The molecule has 0 spiro atoms. The van der Waals surface area contributed by atoms with Crippen molar-refractivity contribution in [3.05, 3.63) is 59.7 Å². The molecule has 0 radical (unpaired) electrons. The molecule has 0 aliphatic rings. The average molecular weight is 312 g/mol. The number of benzene rings is 2. The number of hydrogen-bond acceptors (Lipinski definition) is 4. The van der Waals surface area contributed by atoms with Crippen molar-refractivity contribution < 1.29 is 24.2 Å². The maximum absolute atomic E-state index is 11.5. The third-order valence-electron chi connectivity index (χ3n) is 3.07. The molecule has 0 saturated heterocycles. The number of esters is 1. The predicted molar refractivity (Wildman–Crippen MR) is 86.3 cm³/mol. The second kappa shape index (κ2) is 7.26. The van der Waals surface area contributed by atoms with Gasteiger partial charge in [0.25, 0.3) is 0 Å². The maximum atomic E-state index is 11.5. The van der Waals surface area contributed by atoms with E-state index in [-0.39, 0.29) is 11.3 Å². The van der Waals surface area contributed by atoms with Crippen molar-refractivity contribution in [2.24, 2.45) is 0 Å². The number of hydrogen-bond donors (Lipinski definition) is 1. The summed E-state index contributed by atoms with van der Waals surface area (Å²) in [4.78, 5) is 22.7. The van der Waals surface area contributed by atoms with Gasteiger partial charge in [-0.15, -0.1) is 0 Å². The van der Waals surface area contributed by atoms with Crippen LogP contribution in [0.15, 0.2) is 48.5 Å². The highest BCUT2D eigenvalue weighted by Crippen LogP contribution is 2.30. The van der Waals surface area contributed by atoms with Crippen molar-refractivity contribution >= 4 is 23.6 Å². The fraction of sp³-hybridized carbons (Fsp3) is 0.111. The Kier molecular flexibility index (Phi) is 5.15. The van der Waals surface area contributed by atoms with E-state index in [1.54, 1.807) is 42.5 Å². The van der Waals surface area contributed by atoms with Crippen LogP contribution in [0, 0.1) is 0 Å². The smallest absolute Gasteiger partial charge is 0.336 e. The van der Waals surface area contributed by atoms with Crippen molar-refractivity contribution in [2.75, 3.05) is 7.11 Å². The monoisotopic (exact) mass is 312 g/mol. The van der Waals surface area contributed by atoms with E-state index in [4.69, 9.17) is 9.47 Å². The highest BCUT2D eigenvalue weighted by Gasteiger charge is 2.12. The molecule has 5 heteroatoms. The Morgan fingerprint density at radius 3 is 2.30 bits per heavy atom. The topological polar surface area (TPSA) is 72.8 Å². The van der Waals surface area contributed by atoms with Gasteiger partial charge >= 0.3 is 11.9 Å². The van der Waals surface area contributed by atoms with Crippen LogP contribution >= 0.6 is 0 Å². The van der Waals surface area contributed by atoms with Crippen molar-refractivity contribution in [2.45, 2.75) is 6.92 Å². The summed E-state index contributed by atoms with van der Waals surface area (Å²) >= 11 is 0. The molecule has 0 aliphatic carbocycles. The van der Waals surface area contributed by atoms with E-state index in [1.807, 2.05) is 6.07 Å². The molecule has 1 N–H and O–H groups in total. The molecular weight excluding hydrogens is 296 g/mol. The van der Waals surface area contributed by atoms with E-state index in [1.165, 1.54) is 20.1 Å². The van der Waals surface area contributed by atoms with E-state index in [2.05, 4.69) is 0 Å². The van der Waals surface area contributed by atoms with Crippen LogP contribution in [0.3, 0.4) is 0 Å². The quantitative estimate of drug-likeness (QED) is 0.397. The van der Waals surface area contributed by atoms with Gasteiger partial charge in [-0.2, -0.15) is 0 Å². The molecule has 0 atom stereocenters. The van der Waals surface area contributed by atoms with E-state index in [0.29, 0.717) is 16.9 Å². The molecule has 0 aromatic heterocycles. The van der Waals surface area contributed by atoms with Crippen molar-refractivity contribution in [3.63, 3.8) is 0 Å². The molecular formula is C18H16O5. The Hall–Kier alpha value is -3.08. The molecule has 23 heavy (non-hydrogen) atoms. The van der Waals surface area contributed by atoms with Gasteiger partial charge in [0.1, 0.15) is 0 Å². The molecule has 2 rings (SSSR count). The molecule has 0 heterocycles. The number of carboxylic acid groups (broad SMARTS) is 1. The van der Waals surface area contributed by atoms with E-state index in [9.17, 15) is 14.7 Å². The van der Waals surface area contributed by atoms with Crippen LogP contribution in [0.4, 0.5) is 0 Å². The predicted octanol–water partition coefficient (Wildman–Crippen LogP) is 3.25. The summed E-state index contributed by atoms with van der Waals surface area (Å²) in [5.74, 6) is -0.882. The van der Waals surface area contributed by atoms with E-state index in [0.717, 1.165) is 0 Å². The summed E-state index contributed by atoms with van der Waals surface area (Å²) in [6, 6.07) is 13.7. The van der Waals surface area contributed by atoms with E-state index < -0.39 is 11.9 Å². The number of carbonyl (C=O) groups excluding carboxylic acids is 1. The standard InChI is InChI=1S/C18H16O5/c1-12(19)23-17-11-13(8-9-16(17)22-2)10-15(18(20)21)14-6-4-3-5-7-14/h3-11H,1-2H3,(H,20,21)/b15-10+. The molecule has 0 bridgehead atoms. The third kappa shape index (κ3) is 4.20. The second-order valence-electron chi connectivity index (χ2n) is 4.73. The van der Waals surface area contributed by atoms with Gasteiger partial charge in [-0.25, -0.2) is 4.79 Å². The number of carboxylic acids is 1. The van der Waals surface area contributed by atoms with Crippen molar-refractivity contribution in [1.82, 2.24) is 0 Å². The largest absolute Gasteiger partial charge is 0.493 e. The molecule has 2 aromatic carbocycles. The fourth-order valence-electron chi connectivity index (χ4n) is 2.07. The van der Waals surface area contributed by atoms with Gasteiger partial charge in [0.2, 0.25) is 0 Å².